The largest absolute Gasteiger partial charge is 0.378 e. The Morgan fingerprint density at radius 1 is 1.00 bits per heavy atom. The van der Waals surface area contributed by atoms with Gasteiger partial charge in [-0.15, -0.1) is 0 Å². The van der Waals surface area contributed by atoms with Gasteiger partial charge in [-0.1, -0.05) is 59.5 Å². The van der Waals surface area contributed by atoms with Crippen molar-refractivity contribution in [3.05, 3.63) is 70.2 Å². The van der Waals surface area contributed by atoms with Gasteiger partial charge in [-0.3, -0.25) is 0 Å². The van der Waals surface area contributed by atoms with Gasteiger partial charge in [0.2, 0.25) is 10.0 Å². The molecular weight excluding hydrogens is 460 g/mol. The van der Waals surface area contributed by atoms with Crippen LogP contribution in [-0.2, 0) is 10.0 Å². The second-order valence-corrected chi connectivity index (χ2v) is 11.4. The smallest absolute Gasteiger partial charge is 0.240 e. The van der Waals surface area contributed by atoms with E-state index < -0.39 is 10.0 Å². The summed E-state index contributed by atoms with van der Waals surface area (Å²) >= 11 is 3.52. The number of hydrogen-bond donors (Lipinski definition) is 2. The Bertz CT molecular complexity index is 1060. The Kier molecular flexibility index (Phi) is 5.50. The molecule has 1 fully saturated rings. The minimum Gasteiger partial charge on any atom is -0.378 e. The van der Waals surface area contributed by atoms with E-state index in [1.54, 1.807) is 6.07 Å². The number of fused-ring (bicyclic) bond motifs is 3. The maximum atomic E-state index is 13.0. The highest BCUT2D eigenvalue weighted by atomic mass is 79.9. The van der Waals surface area contributed by atoms with Crippen LogP contribution in [0.2, 0.25) is 0 Å². The third-order valence-electron chi connectivity index (χ3n) is 6.80. The third-order valence-corrected chi connectivity index (χ3v) is 8.85. The molecule has 0 radical (unpaired) electrons. The zero-order valence-electron chi connectivity index (χ0n) is 16.9. The van der Waals surface area contributed by atoms with Crippen molar-refractivity contribution in [2.75, 3.05) is 5.32 Å². The summed E-state index contributed by atoms with van der Waals surface area (Å²) in [6, 6.07) is 14.3. The van der Waals surface area contributed by atoms with Crippen LogP contribution in [0.3, 0.4) is 0 Å². The summed E-state index contributed by atoms with van der Waals surface area (Å²) in [5.41, 5.74) is 3.39. The first kappa shape index (κ1) is 20.3. The van der Waals surface area contributed by atoms with Crippen LogP contribution < -0.4 is 10.0 Å². The van der Waals surface area contributed by atoms with Crippen molar-refractivity contribution in [1.82, 2.24) is 4.72 Å². The third kappa shape index (κ3) is 3.85. The van der Waals surface area contributed by atoms with Crippen LogP contribution in [0.25, 0.3) is 0 Å². The molecular formula is C24H27BrN2O2S. The normalized spacial score (nSPS) is 26.1. The molecule has 0 aromatic heterocycles. The van der Waals surface area contributed by atoms with E-state index in [9.17, 15) is 8.42 Å². The molecule has 30 heavy (non-hydrogen) atoms. The highest BCUT2D eigenvalue weighted by molar-refractivity contribution is 9.10. The first-order chi connectivity index (χ1) is 14.5. The molecule has 2 aliphatic carbocycles. The number of rotatable bonds is 4. The van der Waals surface area contributed by atoms with Crippen LogP contribution in [0.1, 0.15) is 61.6 Å². The molecule has 2 aromatic rings. The second kappa shape index (κ2) is 8.13. The van der Waals surface area contributed by atoms with E-state index in [1.165, 1.54) is 12.0 Å². The van der Waals surface area contributed by atoms with Crippen molar-refractivity contribution in [3.63, 3.8) is 0 Å². The Morgan fingerprint density at radius 2 is 1.77 bits per heavy atom. The van der Waals surface area contributed by atoms with Gasteiger partial charge >= 0.3 is 0 Å². The summed E-state index contributed by atoms with van der Waals surface area (Å²) in [6.07, 6.45) is 10.8. The number of allylic oxidation sites excluding steroid dienone is 2. The van der Waals surface area contributed by atoms with Gasteiger partial charge in [0.15, 0.2) is 0 Å². The zero-order chi connectivity index (χ0) is 20.7. The van der Waals surface area contributed by atoms with Crippen molar-refractivity contribution in [1.29, 1.82) is 0 Å². The minimum absolute atomic E-state index is 0.0683. The topological polar surface area (TPSA) is 58.2 Å². The van der Waals surface area contributed by atoms with Crippen LogP contribution in [0.5, 0.6) is 0 Å². The zero-order valence-corrected chi connectivity index (χ0v) is 19.3. The fourth-order valence-electron chi connectivity index (χ4n) is 5.25. The van der Waals surface area contributed by atoms with Crippen molar-refractivity contribution < 1.29 is 8.42 Å². The van der Waals surface area contributed by atoms with Crippen LogP contribution in [-0.4, -0.2) is 14.5 Å². The van der Waals surface area contributed by atoms with Gasteiger partial charge in [0, 0.05) is 22.1 Å². The quantitative estimate of drug-likeness (QED) is 0.529. The standard InChI is InChI=1S/C24H27BrN2O2S/c25-17-11-9-16(10-12-17)24-21-8-4-7-20(21)22-15-19(13-14-23(22)26-24)30(28,29)27-18-5-2-1-3-6-18/h4,7,9-15,18,20-21,24,26-27H,1-3,5-6,8H2/t20-,21+,24+/m0/s1. The molecule has 0 amide bonds. The molecule has 0 unspecified atom stereocenters. The fourth-order valence-corrected chi connectivity index (χ4v) is 6.85. The summed E-state index contributed by atoms with van der Waals surface area (Å²) in [7, 11) is -3.50. The maximum Gasteiger partial charge on any atom is 0.240 e. The number of nitrogens with one attached hydrogen (secondary N) is 2. The van der Waals surface area contributed by atoms with E-state index in [1.807, 2.05) is 12.1 Å². The first-order valence-corrected chi connectivity index (χ1v) is 13.1. The summed E-state index contributed by atoms with van der Waals surface area (Å²) in [5.74, 6) is 0.627. The predicted octanol–water partition coefficient (Wildman–Crippen LogP) is 5.89. The number of benzene rings is 2. The Balaban J connectivity index is 1.45. The van der Waals surface area contributed by atoms with Crippen LogP contribution >= 0.6 is 15.9 Å². The highest BCUT2D eigenvalue weighted by Gasteiger charge is 2.38. The molecule has 3 aliphatic rings. The van der Waals surface area contributed by atoms with Crippen molar-refractivity contribution in [2.45, 2.75) is 61.4 Å². The van der Waals surface area contributed by atoms with E-state index in [-0.39, 0.29) is 18.0 Å². The SMILES string of the molecule is O=S(=O)(NC1CCCCC1)c1ccc2c(c1)[C@H]1C=CC[C@H]1[C@@H](c1ccc(Br)cc1)N2. The lowest BCUT2D eigenvalue weighted by molar-refractivity contribution is 0.411. The molecule has 0 saturated heterocycles. The average molecular weight is 487 g/mol. The number of hydrogen-bond acceptors (Lipinski definition) is 3. The maximum absolute atomic E-state index is 13.0. The van der Waals surface area contributed by atoms with Crippen LogP contribution in [0.4, 0.5) is 5.69 Å². The molecule has 1 aliphatic heterocycles. The van der Waals surface area contributed by atoms with E-state index >= 15 is 0 Å². The highest BCUT2D eigenvalue weighted by Crippen LogP contribution is 2.50. The van der Waals surface area contributed by atoms with Gasteiger partial charge < -0.3 is 5.32 Å². The lowest BCUT2D eigenvalue weighted by Crippen LogP contribution is -2.36. The van der Waals surface area contributed by atoms with Gasteiger partial charge in [0.05, 0.1) is 10.9 Å². The molecule has 2 N–H and O–H groups in total. The van der Waals surface area contributed by atoms with Crippen LogP contribution in [0.15, 0.2) is 64.0 Å². The fraction of sp³-hybridized carbons (Fsp3) is 0.417. The molecule has 0 spiro atoms. The van der Waals surface area contributed by atoms with E-state index in [0.29, 0.717) is 10.8 Å². The molecule has 3 atom stereocenters. The average Bonchev–Trinajstić information content (AvgIpc) is 3.24. The Labute approximate surface area is 187 Å². The Hall–Kier alpha value is -1.63. The lowest BCUT2D eigenvalue weighted by Gasteiger charge is -2.37. The monoisotopic (exact) mass is 486 g/mol. The molecule has 1 saturated carbocycles. The predicted molar refractivity (Wildman–Crippen MR) is 124 cm³/mol. The molecule has 1 heterocycles. The van der Waals surface area contributed by atoms with E-state index in [0.717, 1.165) is 47.8 Å². The second-order valence-electron chi connectivity index (χ2n) is 8.73. The van der Waals surface area contributed by atoms with Crippen molar-refractivity contribution >= 4 is 31.6 Å². The lowest BCUT2D eigenvalue weighted by atomic mass is 9.77. The molecule has 5 rings (SSSR count). The van der Waals surface area contributed by atoms with E-state index in [4.69, 9.17) is 0 Å². The molecule has 4 nitrogen and oxygen atoms in total. The summed E-state index contributed by atoms with van der Waals surface area (Å²) in [5, 5.41) is 3.69. The molecule has 158 valence electrons. The first-order valence-electron chi connectivity index (χ1n) is 10.9. The number of sulfonamides is 1. The van der Waals surface area contributed by atoms with Crippen molar-refractivity contribution in [3.8, 4) is 0 Å². The molecule has 6 heteroatoms. The number of halogens is 1. The van der Waals surface area contributed by atoms with Gasteiger partial charge in [-0.25, -0.2) is 13.1 Å². The number of anilines is 1. The van der Waals surface area contributed by atoms with Gasteiger partial charge in [0.25, 0.3) is 0 Å². The van der Waals surface area contributed by atoms with Gasteiger partial charge in [-0.05, 0) is 66.6 Å². The molecule has 0 bridgehead atoms. The van der Waals surface area contributed by atoms with Crippen LogP contribution in [0, 0.1) is 5.92 Å². The van der Waals surface area contributed by atoms with Gasteiger partial charge in [-0.2, -0.15) is 0 Å². The molecule has 2 aromatic carbocycles. The Morgan fingerprint density at radius 3 is 2.53 bits per heavy atom. The van der Waals surface area contributed by atoms with E-state index in [2.05, 4.69) is 62.4 Å². The summed E-state index contributed by atoms with van der Waals surface area (Å²) in [4.78, 5) is 0.384. The van der Waals surface area contributed by atoms with Gasteiger partial charge in [0.1, 0.15) is 0 Å². The summed E-state index contributed by atoms with van der Waals surface area (Å²) < 4.78 is 30.1. The minimum atomic E-state index is -3.50. The van der Waals surface area contributed by atoms with Crippen molar-refractivity contribution in [2.24, 2.45) is 5.92 Å². The summed E-state index contributed by atoms with van der Waals surface area (Å²) in [6.45, 7) is 0.